The molecule has 4 rings (SSSR count). The first kappa shape index (κ1) is 16.1. The molecule has 5 nitrogen and oxygen atoms in total. The van der Waals surface area contributed by atoms with Crippen LogP contribution in [0.4, 0.5) is 17.1 Å². The van der Waals surface area contributed by atoms with E-state index in [0.29, 0.717) is 0 Å². The van der Waals surface area contributed by atoms with Gasteiger partial charge in [0.1, 0.15) is 0 Å². The van der Waals surface area contributed by atoms with Crippen molar-refractivity contribution in [2.45, 2.75) is 6.42 Å². The summed E-state index contributed by atoms with van der Waals surface area (Å²) in [7, 11) is 1.85. The van der Waals surface area contributed by atoms with Gasteiger partial charge in [-0.1, -0.05) is 30.3 Å². The monoisotopic (exact) mass is 344 g/mol. The molecule has 0 unspecified atom stereocenters. The Balaban J connectivity index is 1.55. The number of aromatic nitrogens is 2. The summed E-state index contributed by atoms with van der Waals surface area (Å²) in [6.07, 6.45) is 7.89. The number of carbonyl (C=O) groups excluding carboxylic acids is 1. The molecule has 0 bridgehead atoms. The highest BCUT2D eigenvalue weighted by Crippen LogP contribution is 2.38. The fraction of sp³-hybridized carbons (Fsp3) is 0.143. The predicted molar refractivity (Wildman–Crippen MR) is 104 cm³/mol. The predicted octanol–water partition coefficient (Wildman–Crippen LogP) is 3.77. The van der Waals surface area contributed by atoms with E-state index in [4.69, 9.17) is 0 Å². The number of benzene rings is 2. The molecule has 1 aliphatic rings. The van der Waals surface area contributed by atoms with Gasteiger partial charge in [0.2, 0.25) is 5.91 Å². The number of amides is 1. The van der Waals surface area contributed by atoms with Gasteiger partial charge < -0.3 is 10.2 Å². The summed E-state index contributed by atoms with van der Waals surface area (Å²) >= 11 is 0. The zero-order valence-electron chi connectivity index (χ0n) is 14.6. The molecule has 0 radical (unpaired) electrons. The third-order valence-corrected chi connectivity index (χ3v) is 4.49. The summed E-state index contributed by atoms with van der Waals surface area (Å²) < 4.78 is 1.71. The standard InChI is InChI=1S/C21H20N4O/c1-24-15-16(14-22-24)10-11-21(26)23-18-7-3-5-9-20(18)25-13-12-17-6-2-4-8-19(17)25/h2-11,14-15H,12-13H2,1H3,(H,23,26). The van der Waals surface area contributed by atoms with Crippen molar-refractivity contribution >= 4 is 29.0 Å². The van der Waals surface area contributed by atoms with E-state index >= 15 is 0 Å². The maximum atomic E-state index is 12.4. The van der Waals surface area contributed by atoms with Crippen molar-refractivity contribution in [3.63, 3.8) is 0 Å². The number of nitrogens with one attached hydrogen (secondary N) is 1. The lowest BCUT2D eigenvalue weighted by Gasteiger charge is -2.22. The van der Waals surface area contributed by atoms with Crippen molar-refractivity contribution in [1.29, 1.82) is 0 Å². The van der Waals surface area contributed by atoms with Crippen molar-refractivity contribution < 1.29 is 4.79 Å². The van der Waals surface area contributed by atoms with E-state index in [1.54, 1.807) is 17.0 Å². The van der Waals surface area contributed by atoms with E-state index < -0.39 is 0 Å². The van der Waals surface area contributed by atoms with Crippen molar-refractivity contribution in [2.24, 2.45) is 7.05 Å². The molecular formula is C21H20N4O. The van der Waals surface area contributed by atoms with Gasteiger partial charge in [-0.15, -0.1) is 0 Å². The van der Waals surface area contributed by atoms with Gasteiger partial charge >= 0.3 is 0 Å². The highest BCUT2D eigenvalue weighted by atomic mass is 16.1. The normalized spacial score (nSPS) is 13.2. The molecule has 130 valence electrons. The van der Waals surface area contributed by atoms with E-state index in [0.717, 1.165) is 29.9 Å². The average Bonchev–Trinajstić information content (AvgIpc) is 3.27. The van der Waals surface area contributed by atoms with Crippen LogP contribution in [0, 0.1) is 0 Å². The highest BCUT2D eigenvalue weighted by molar-refractivity contribution is 6.04. The van der Waals surface area contributed by atoms with Crippen molar-refractivity contribution in [2.75, 3.05) is 16.8 Å². The van der Waals surface area contributed by atoms with Crippen LogP contribution in [0.15, 0.2) is 67.0 Å². The zero-order valence-corrected chi connectivity index (χ0v) is 14.6. The second-order valence-corrected chi connectivity index (χ2v) is 6.32. The molecule has 0 spiro atoms. The molecular weight excluding hydrogens is 324 g/mol. The highest BCUT2D eigenvalue weighted by Gasteiger charge is 2.21. The first-order chi connectivity index (χ1) is 12.7. The van der Waals surface area contributed by atoms with Crippen LogP contribution >= 0.6 is 0 Å². The fourth-order valence-corrected chi connectivity index (χ4v) is 3.28. The Bertz CT molecular complexity index is 973. The number of carbonyl (C=O) groups is 1. The van der Waals surface area contributed by atoms with Gasteiger partial charge in [-0.2, -0.15) is 5.10 Å². The molecule has 1 N–H and O–H groups in total. The summed E-state index contributed by atoms with van der Waals surface area (Å²) in [5.41, 5.74) is 5.26. The Morgan fingerprint density at radius 2 is 1.88 bits per heavy atom. The number of aryl methyl sites for hydroxylation is 1. The van der Waals surface area contributed by atoms with Gasteiger partial charge in [0.25, 0.3) is 0 Å². The van der Waals surface area contributed by atoms with Gasteiger partial charge in [0, 0.05) is 37.1 Å². The summed E-state index contributed by atoms with van der Waals surface area (Å²) in [5, 5.41) is 7.09. The molecule has 0 fully saturated rings. The molecule has 26 heavy (non-hydrogen) atoms. The summed E-state index contributed by atoms with van der Waals surface area (Å²) in [6.45, 7) is 0.914. The Hall–Kier alpha value is -3.34. The zero-order chi connectivity index (χ0) is 17.9. The minimum atomic E-state index is -0.159. The number of anilines is 3. The van der Waals surface area contributed by atoms with Gasteiger partial charge in [0.15, 0.2) is 0 Å². The first-order valence-corrected chi connectivity index (χ1v) is 8.63. The van der Waals surface area contributed by atoms with E-state index in [1.807, 2.05) is 37.5 Å². The topological polar surface area (TPSA) is 50.2 Å². The van der Waals surface area contributed by atoms with Gasteiger partial charge in [-0.25, -0.2) is 0 Å². The molecule has 3 aromatic rings. The quantitative estimate of drug-likeness (QED) is 0.733. The van der Waals surface area contributed by atoms with E-state index in [9.17, 15) is 4.79 Å². The second-order valence-electron chi connectivity index (χ2n) is 6.32. The summed E-state index contributed by atoms with van der Waals surface area (Å²) in [6, 6.07) is 16.3. The molecule has 5 heteroatoms. The molecule has 1 amide bonds. The fourth-order valence-electron chi connectivity index (χ4n) is 3.28. The Morgan fingerprint density at radius 3 is 2.69 bits per heavy atom. The van der Waals surface area contributed by atoms with Crippen LogP contribution < -0.4 is 10.2 Å². The van der Waals surface area contributed by atoms with Crippen LogP contribution in [0.1, 0.15) is 11.1 Å². The molecule has 1 aromatic heterocycles. The van der Waals surface area contributed by atoms with E-state index in [2.05, 4.69) is 39.6 Å². The van der Waals surface area contributed by atoms with Gasteiger partial charge in [0.05, 0.1) is 17.6 Å². The van der Waals surface area contributed by atoms with E-state index in [1.165, 1.54) is 17.3 Å². The van der Waals surface area contributed by atoms with E-state index in [-0.39, 0.29) is 5.91 Å². The average molecular weight is 344 g/mol. The molecule has 1 aliphatic heterocycles. The lowest BCUT2D eigenvalue weighted by molar-refractivity contribution is -0.111. The molecule has 0 atom stereocenters. The number of rotatable bonds is 4. The van der Waals surface area contributed by atoms with Gasteiger partial charge in [-0.3, -0.25) is 9.48 Å². The Labute approximate surface area is 152 Å². The van der Waals surface area contributed by atoms with Crippen LogP contribution in [-0.4, -0.2) is 22.2 Å². The number of para-hydroxylation sites is 3. The summed E-state index contributed by atoms with van der Waals surface area (Å²) in [4.78, 5) is 14.6. The largest absolute Gasteiger partial charge is 0.339 e. The Kier molecular flexibility index (Phi) is 4.27. The molecule has 0 aliphatic carbocycles. The van der Waals surface area contributed by atoms with Crippen LogP contribution in [0.2, 0.25) is 0 Å². The molecule has 2 heterocycles. The number of nitrogens with zero attached hydrogens (tertiary/aromatic N) is 3. The first-order valence-electron chi connectivity index (χ1n) is 8.63. The lowest BCUT2D eigenvalue weighted by Crippen LogP contribution is -2.17. The lowest BCUT2D eigenvalue weighted by atomic mass is 10.1. The van der Waals surface area contributed by atoms with Crippen LogP contribution in [0.3, 0.4) is 0 Å². The maximum absolute atomic E-state index is 12.4. The second kappa shape index (κ2) is 6.88. The SMILES string of the molecule is Cn1cc(C=CC(=O)Nc2ccccc2N2CCc3ccccc32)cn1. The summed E-state index contributed by atoms with van der Waals surface area (Å²) in [5.74, 6) is -0.159. The number of hydrogen-bond acceptors (Lipinski definition) is 3. The van der Waals surface area contributed by atoms with Crippen LogP contribution in [0.5, 0.6) is 0 Å². The van der Waals surface area contributed by atoms with Crippen molar-refractivity contribution in [3.05, 3.63) is 78.1 Å². The third-order valence-electron chi connectivity index (χ3n) is 4.49. The maximum Gasteiger partial charge on any atom is 0.248 e. The minimum Gasteiger partial charge on any atom is -0.339 e. The van der Waals surface area contributed by atoms with Gasteiger partial charge in [-0.05, 0) is 36.3 Å². The molecule has 2 aromatic carbocycles. The third kappa shape index (κ3) is 3.24. The van der Waals surface area contributed by atoms with Crippen molar-refractivity contribution in [1.82, 2.24) is 9.78 Å². The van der Waals surface area contributed by atoms with Crippen LogP contribution in [-0.2, 0) is 18.3 Å². The Morgan fingerprint density at radius 1 is 1.12 bits per heavy atom. The number of fused-ring (bicyclic) bond motifs is 1. The van der Waals surface area contributed by atoms with Crippen molar-refractivity contribution in [3.8, 4) is 0 Å². The molecule has 0 saturated heterocycles. The van der Waals surface area contributed by atoms with Crippen LogP contribution in [0.25, 0.3) is 6.08 Å². The smallest absolute Gasteiger partial charge is 0.248 e. The molecule has 0 saturated carbocycles. The minimum absolute atomic E-state index is 0.159. The number of hydrogen-bond donors (Lipinski definition) is 1.